The SMILES string of the molecule is Cn1c(S(C)=O)nc2nc(N3CCC[C@@H](N)C3)n(Cc3ccccc3Cl)c2c1=O. The van der Waals surface area contributed by atoms with E-state index in [0.29, 0.717) is 35.2 Å². The predicted molar refractivity (Wildman–Crippen MR) is 115 cm³/mol. The summed E-state index contributed by atoms with van der Waals surface area (Å²) in [5.41, 5.74) is 7.43. The average Bonchev–Trinajstić information content (AvgIpc) is 3.05. The predicted octanol–water partition coefficient (Wildman–Crippen LogP) is 1.50. The number of hydrogen-bond donors (Lipinski definition) is 1. The summed E-state index contributed by atoms with van der Waals surface area (Å²) in [6, 6.07) is 7.57. The first-order chi connectivity index (χ1) is 13.9. The van der Waals surface area contributed by atoms with Crippen molar-refractivity contribution < 1.29 is 4.21 Å². The lowest BCUT2D eigenvalue weighted by atomic mass is 10.1. The molecule has 2 N–H and O–H groups in total. The molecular weight excluding hydrogens is 412 g/mol. The van der Waals surface area contributed by atoms with E-state index in [0.717, 1.165) is 24.9 Å². The molecule has 0 aliphatic carbocycles. The Morgan fingerprint density at radius 2 is 2.07 bits per heavy atom. The number of halogens is 1. The number of rotatable bonds is 4. The summed E-state index contributed by atoms with van der Waals surface area (Å²) in [6.45, 7) is 1.83. The van der Waals surface area contributed by atoms with Gasteiger partial charge in [0.1, 0.15) is 0 Å². The van der Waals surface area contributed by atoms with E-state index in [1.54, 1.807) is 7.05 Å². The van der Waals surface area contributed by atoms with Crippen LogP contribution in [-0.2, 0) is 24.4 Å². The van der Waals surface area contributed by atoms with Crippen LogP contribution in [0.2, 0.25) is 5.02 Å². The molecule has 1 saturated heterocycles. The molecule has 2 atom stereocenters. The van der Waals surface area contributed by atoms with E-state index >= 15 is 0 Å². The number of benzene rings is 1. The minimum Gasteiger partial charge on any atom is -0.341 e. The van der Waals surface area contributed by atoms with Crippen molar-refractivity contribution in [3.8, 4) is 0 Å². The van der Waals surface area contributed by atoms with Gasteiger partial charge in [-0.15, -0.1) is 0 Å². The van der Waals surface area contributed by atoms with Crippen molar-refractivity contribution in [3.05, 3.63) is 45.2 Å². The fourth-order valence-electron chi connectivity index (χ4n) is 3.77. The van der Waals surface area contributed by atoms with E-state index in [1.807, 2.05) is 28.8 Å². The topological polar surface area (TPSA) is 99.0 Å². The molecule has 0 spiro atoms. The van der Waals surface area contributed by atoms with Gasteiger partial charge in [0.25, 0.3) is 5.56 Å². The van der Waals surface area contributed by atoms with Gasteiger partial charge in [0.05, 0.1) is 17.3 Å². The Morgan fingerprint density at radius 1 is 1.31 bits per heavy atom. The van der Waals surface area contributed by atoms with Gasteiger partial charge < -0.3 is 10.6 Å². The molecule has 1 aliphatic heterocycles. The van der Waals surface area contributed by atoms with Crippen molar-refractivity contribution in [1.29, 1.82) is 0 Å². The van der Waals surface area contributed by atoms with Crippen LogP contribution in [0.5, 0.6) is 0 Å². The number of aromatic nitrogens is 4. The van der Waals surface area contributed by atoms with Crippen LogP contribution in [0.1, 0.15) is 18.4 Å². The van der Waals surface area contributed by atoms with Gasteiger partial charge in [0, 0.05) is 37.5 Å². The Bertz CT molecular complexity index is 1160. The van der Waals surface area contributed by atoms with Crippen molar-refractivity contribution in [1.82, 2.24) is 19.1 Å². The number of fused-ring (bicyclic) bond motifs is 1. The lowest BCUT2D eigenvalue weighted by Crippen LogP contribution is -2.44. The molecule has 1 aliphatic rings. The second-order valence-corrected chi connectivity index (χ2v) is 9.00. The Hall–Kier alpha value is -2.23. The fraction of sp³-hybridized carbons (Fsp3) is 0.421. The third-order valence-electron chi connectivity index (χ3n) is 5.21. The molecule has 29 heavy (non-hydrogen) atoms. The highest BCUT2D eigenvalue weighted by molar-refractivity contribution is 7.84. The Balaban J connectivity index is 1.95. The summed E-state index contributed by atoms with van der Waals surface area (Å²) in [5.74, 6) is 0.638. The van der Waals surface area contributed by atoms with Gasteiger partial charge in [-0.3, -0.25) is 18.1 Å². The third kappa shape index (κ3) is 3.70. The molecule has 0 saturated carbocycles. The standard InChI is InChI=1S/C19H23ClN6O2S/c1-24-17(27)15-16(23-19(24)29(2)28)22-18(25-9-5-7-13(21)11-25)26(15)10-12-6-3-4-8-14(12)20/h3-4,6,8,13H,5,7,9-11,21H2,1-2H3/t13-,29?/m1/s1. The van der Waals surface area contributed by atoms with Gasteiger partial charge in [-0.1, -0.05) is 29.8 Å². The van der Waals surface area contributed by atoms with Crippen LogP contribution >= 0.6 is 11.6 Å². The Kier molecular flexibility index (Phi) is 5.46. The van der Waals surface area contributed by atoms with Crippen LogP contribution in [0.25, 0.3) is 11.2 Å². The molecule has 8 nitrogen and oxygen atoms in total. The molecule has 3 aromatic rings. The summed E-state index contributed by atoms with van der Waals surface area (Å²) < 4.78 is 15.2. The zero-order valence-corrected chi connectivity index (χ0v) is 17.9. The number of hydrogen-bond acceptors (Lipinski definition) is 6. The second kappa shape index (κ2) is 7.89. The van der Waals surface area contributed by atoms with Crippen LogP contribution in [-0.4, -0.2) is 48.7 Å². The summed E-state index contributed by atoms with van der Waals surface area (Å²) in [7, 11) is 0.170. The van der Waals surface area contributed by atoms with Gasteiger partial charge in [-0.05, 0) is 24.5 Å². The molecule has 1 unspecified atom stereocenters. The van der Waals surface area contributed by atoms with Crippen molar-refractivity contribution in [2.24, 2.45) is 12.8 Å². The van der Waals surface area contributed by atoms with Crippen LogP contribution in [0.15, 0.2) is 34.2 Å². The minimum absolute atomic E-state index is 0.0480. The van der Waals surface area contributed by atoms with Crippen molar-refractivity contribution in [2.45, 2.75) is 30.6 Å². The van der Waals surface area contributed by atoms with E-state index < -0.39 is 10.8 Å². The van der Waals surface area contributed by atoms with Crippen LogP contribution in [0.4, 0.5) is 5.95 Å². The minimum atomic E-state index is -1.41. The zero-order valence-electron chi connectivity index (χ0n) is 16.3. The quantitative estimate of drug-likeness (QED) is 0.624. The van der Waals surface area contributed by atoms with Crippen molar-refractivity contribution in [2.75, 3.05) is 24.2 Å². The van der Waals surface area contributed by atoms with Crippen LogP contribution in [0, 0.1) is 0 Å². The highest BCUT2D eigenvalue weighted by atomic mass is 35.5. The van der Waals surface area contributed by atoms with Gasteiger partial charge in [0.15, 0.2) is 11.2 Å². The molecule has 0 radical (unpaired) electrons. The molecule has 4 rings (SSSR count). The largest absolute Gasteiger partial charge is 0.341 e. The number of anilines is 1. The first-order valence-corrected chi connectivity index (χ1v) is 11.3. The smallest absolute Gasteiger partial charge is 0.280 e. The molecular formula is C19H23ClN6O2S. The summed E-state index contributed by atoms with van der Waals surface area (Å²) in [4.78, 5) is 24.4. The Morgan fingerprint density at radius 3 is 2.76 bits per heavy atom. The number of piperidine rings is 1. The van der Waals surface area contributed by atoms with Crippen LogP contribution in [0.3, 0.4) is 0 Å². The molecule has 1 fully saturated rings. The normalized spacial score (nSPS) is 18.3. The van der Waals surface area contributed by atoms with E-state index in [9.17, 15) is 9.00 Å². The molecule has 10 heteroatoms. The molecule has 3 heterocycles. The first-order valence-electron chi connectivity index (χ1n) is 9.41. The van der Waals surface area contributed by atoms with Crippen molar-refractivity contribution >= 4 is 39.5 Å². The summed E-state index contributed by atoms with van der Waals surface area (Å²) >= 11 is 6.38. The second-order valence-electron chi connectivity index (χ2n) is 7.32. The number of nitrogens with zero attached hydrogens (tertiary/aromatic N) is 5. The number of nitrogens with two attached hydrogens (primary N) is 1. The lowest BCUT2D eigenvalue weighted by Gasteiger charge is -2.31. The zero-order chi connectivity index (χ0) is 20.7. The third-order valence-corrected chi connectivity index (χ3v) is 6.46. The average molecular weight is 435 g/mol. The fourth-order valence-corrected chi connectivity index (χ4v) is 4.65. The highest BCUT2D eigenvalue weighted by Crippen LogP contribution is 2.26. The maximum Gasteiger partial charge on any atom is 0.280 e. The maximum absolute atomic E-state index is 13.2. The van der Waals surface area contributed by atoms with Gasteiger partial charge >= 0.3 is 0 Å². The van der Waals surface area contributed by atoms with Gasteiger partial charge in [-0.25, -0.2) is 0 Å². The maximum atomic E-state index is 13.2. The van der Waals surface area contributed by atoms with E-state index in [1.165, 1.54) is 10.8 Å². The molecule has 1 aromatic carbocycles. The molecule has 0 bridgehead atoms. The highest BCUT2D eigenvalue weighted by Gasteiger charge is 2.26. The van der Waals surface area contributed by atoms with Crippen LogP contribution < -0.4 is 16.2 Å². The van der Waals surface area contributed by atoms with Gasteiger partial charge in [-0.2, -0.15) is 9.97 Å². The lowest BCUT2D eigenvalue weighted by molar-refractivity contribution is 0.495. The summed E-state index contributed by atoms with van der Waals surface area (Å²) in [5, 5.41) is 0.818. The molecule has 154 valence electrons. The van der Waals surface area contributed by atoms with E-state index in [2.05, 4.69) is 14.9 Å². The monoisotopic (exact) mass is 434 g/mol. The van der Waals surface area contributed by atoms with E-state index in [-0.39, 0.29) is 16.8 Å². The molecule has 0 amide bonds. The van der Waals surface area contributed by atoms with Gasteiger partial charge in [0.2, 0.25) is 11.1 Å². The Labute approximate surface area is 175 Å². The first kappa shape index (κ1) is 20.1. The number of imidazole rings is 1. The van der Waals surface area contributed by atoms with Crippen molar-refractivity contribution in [3.63, 3.8) is 0 Å². The molecule has 2 aromatic heterocycles. The van der Waals surface area contributed by atoms with E-state index in [4.69, 9.17) is 17.3 Å². The summed E-state index contributed by atoms with van der Waals surface area (Å²) in [6.07, 6.45) is 3.41.